The second-order valence-corrected chi connectivity index (χ2v) is 5.40. The number of unbranched alkanes of at least 4 members (excludes halogenated alkanes) is 4. The summed E-state index contributed by atoms with van der Waals surface area (Å²) >= 11 is 0. The molecule has 120 valence electrons. The minimum Gasteiger partial charge on any atom is -0.480 e. The van der Waals surface area contributed by atoms with Crippen LogP contribution in [0, 0.1) is 0 Å². The van der Waals surface area contributed by atoms with Gasteiger partial charge >= 0.3 is 5.97 Å². The van der Waals surface area contributed by atoms with Crippen molar-refractivity contribution >= 4 is 5.97 Å². The van der Waals surface area contributed by atoms with E-state index >= 15 is 0 Å². The molecule has 0 aromatic heterocycles. The number of carbonyl (C=O) groups is 1. The Labute approximate surface area is 124 Å². The minimum absolute atomic E-state index is 0.604. The first kappa shape index (κ1) is 19.4. The monoisotopic (exact) mass is 287 g/mol. The molecule has 1 atom stereocenters. The molecule has 0 saturated carbocycles. The van der Waals surface area contributed by atoms with Crippen LogP contribution < -0.4 is 5.32 Å². The van der Waals surface area contributed by atoms with Gasteiger partial charge in [0.15, 0.2) is 0 Å². The smallest absolute Gasteiger partial charge is 0.323 e. The van der Waals surface area contributed by atoms with E-state index in [2.05, 4.69) is 12.2 Å². The Bertz CT molecular complexity index is 246. The summed E-state index contributed by atoms with van der Waals surface area (Å²) in [5.74, 6) is -0.749. The molecule has 2 N–H and O–H groups in total. The Morgan fingerprint density at radius 3 is 2.25 bits per heavy atom. The van der Waals surface area contributed by atoms with E-state index in [0.717, 1.165) is 19.4 Å². The summed E-state index contributed by atoms with van der Waals surface area (Å²) in [6, 6.07) is 0. The van der Waals surface area contributed by atoms with Gasteiger partial charge in [-0.05, 0) is 32.2 Å². The number of ether oxygens (including phenoxy) is 1. The van der Waals surface area contributed by atoms with E-state index in [1.165, 1.54) is 25.7 Å². The van der Waals surface area contributed by atoms with Crippen LogP contribution in [0.1, 0.15) is 72.1 Å². The summed E-state index contributed by atoms with van der Waals surface area (Å²) < 4.78 is 5.59. The van der Waals surface area contributed by atoms with Gasteiger partial charge in [0.2, 0.25) is 0 Å². The zero-order chi connectivity index (χ0) is 15.3. The normalized spacial score (nSPS) is 14.2. The quantitative estimate of drug-likeness (QED) is 0.479. The third-order valence-corrected chi connectivity index (χ3v) is 3.81. The summed E-state index contributed by atoms with van der Waals surface area (Å²) in [5.41, 5.74) is -0.779. The number of aliphatic carboxylic acids is 1. The lowest BCUT2D eigenvalue weighted by molar-refractivity contribution is -0.145. The second-order valence-electron chi connectivity index (χ2n) is 5.40. The molecule has 4 heteroatoms. The van der Waals surface area contributed by atoms with Crippen LogP contribution in [-0.4, -0.2) is 36.4 Å². The maximum Gasteiger partial charge on any atom is 0.323 e. The molecule has 0 bridgehead atoms. The van der Waals surface area contributed by atoms with Crippen LogP contribution >= 0.6 is 0 Å². The standard InChI is InChI=1S/C16H33NO3/c1-4-7-8-9-10-13-20-14-11-12-16(5-2,15(18)19)17-6-3/h17H,4-14H2,1-3H3,(H,18,19). The zero-order valence-corrected chi connectivity index (χ0v) is 13.5. The number of nitrogens with one attached hydrogen (secondary N) is 1. The first-order chi connectivity index (χ1) is 9.63. The van der Waals surface area contributed by atoms with Gasteiger partial charge in [0.1, 0.15) is 5.54 Å². The highest BCUT2D eigenvalue weighted by molar-refractivity contribution is 5.78. The van der Waals surface area contributed by atoms with Crippen LogP contribution in [0.25, 0.3) is 0 Å². The fourth-order valence-corrected chi connectivity index (χ4v) is 2.45. The lowest BCUT2D eigenvalue weighted by atomic mass is 9.90. The van der Waals surface area contributed by atoms with Gasteiger partial charge in [0, 0.05) is 13.2 Å². The van der Waals surface area contributed by atoms with E-state index in [-0.39, 0.29) is 0 Å². The molecule has 0 rings (SSSR count). The Morgan fingerprint density at radius 2 is 1.70 bits per heavy atom. The van der Waals surface area contributed by atoms with E-state index in [0.29, 0.717) is 26.0 Å². The van der Waals surface area contributed by atoms with Gasteiger partial charge in [-0.3, -0.25) is 4.79 Å². The van der Waals surface area contributed by atoms with E-state index in [9.17, 15) is 9.90 Å². The van der Waals surface area contributed by atoms with Crippen LogP contribution in [0.4, 0.5) is 0 Å². The highest BCUT2D eigenvalue weighted by Crippen LogP contribution is 2.18. The molecule has 0 fully saturated rings. The highest BCUT2D eigenvalue weighted by Gasteiger charge is 2.34. The maximum absolute atomic E-state index is 11.4. The molecule has 0 aliphatic carbocycles. The number of hydrogen-bond donors (Lipinski definition) is 2. The van der Waals surface area contributed by atoms with Crippen molar-refractivity contribution in [3.8, 4) is 0 Å². The molecule has 0 spiro atoms. The molecule has 0 aromatic rings. The summed E-state index contributed by atoms with van der Waals surface area (Å²) in [6.07, 6.45) is 8.24. The van der Waals surface area contributed by atoms with Crippen molar-refractivity contribution in [3.05, 3.63) is 0 Å². The average Bonchev–Trinajstić information content (AvgIpc) is 2.44. The predicted octanol–water partition coefficient (Wildman–Crippen LogP) is 3.60. The maximum atomic E-state index is 11.4. The van der Waals surface area contributed by atoms with E-state index < -0.39 is 11.5 Å². The molecule has 0 radical (unpaired) electrons. The van der Waals surface area contributed by atoms with Crippen molar-refractivity contribution in [2.75, 3.05) is 19.8 Å². The van der Waals surface area contributed by atoms with Gasteiger partial charge in [-0.2, -0.15) is 0 Å². The molecule has 0 aliphatic heterocycles. The molecule has 20 heavy (non-hydrogen) atoms. The fraction of sp³-hybridized carbons (Fsp3) is 0.938. The first-order valence-electron chi connectivity index (χ1n) is 8.19. The Hall–Kier alpha value is -0.610. The average molecular weight is 287 g/mol. The van der Waals surface area contributed by atoms with Crippen LogP contribution in [0.5, 0.6) is 0 Å². The molecular weight excluding hydrogens is 254 g/mol. The molecule has 0 amide bonds. The largest absolute Gasteiger partial charge is 0.480 e. The summed E-state index contributed by atoms with van der Waals surface area (Å²) in [6.45, 7) is 8.22. The second kappa shape index (κ2) is 12.2. The van der Waals surface area contributed by atoms with Gasteiger partial charge in [0.25, 0.3) is 0 Å². The summed E-state index contributed by atoms with van der Waals surface area (Å²) in [5, 5.41) is 12.5. The Kier molecular flexibility index (Phi) is 11.8. The third-order valence-electron chi connectivity index (χ3n) is 3.81. The zero-order valence-electron chi connectivity index (χ0n) is 13.5. The number of carboxylic acids is 1. The fourth-order valence-electron chi connectivity index (χ4n) is 2.45. The number of rotatable bonds is 14. The van der Waals surface area contributed by atoms with Crippen LogP contribution in [-0.2, 0) is 9.53 Å². The number of carboxylic acid groups (broad SMARTS) is 1. The van der Waals surface area contributed by atoms with E-state index in [1.54, 1.807) is 0 Å². The van der Waals surface area contributed by atoms with Crippen LogP contribution in [0.2, 0.25) is 0 Å². The van der Waals surface area contributed by atoms with Gasteiger partial charge in [0.05, 0.1) is 0 Å². The minimum atomic E-state index is -0.779. The van der Waals surface area contributed by atoms with Crippen molar-refractivity contribution in [3.63, 3.8) is 0 Å². The van der Waals surface area contributed by atoms with Crippen molar-refractivity contribution < 1.29 is 14.6 Å². The van der Waals surface area contributed by atoms with Gasteiger partial charge in [-0.25, -0.2) is 0 Å². The van der Waals surface area contributed by atoms with Gasteiger partial charge in [-0.15, -0.1) is 0 Å². The predicted molar refractivity (Wildman–Crippen MR) is 83.1 cm³/mol. The van der Waals surface area contributed by atoms with Crippen molar-refractivity contribution in [1.82, 2.24) is 5.32 Å². The first-order valence-corrected chi connectivity index (χ1v) is 8.19. The van der Waals surface area contributed by atoms with Crippen LogP contribution in [0.3, 0.4) is 0 Å². The molecule has 1 unspecified atom stereocenters. The van der Waals surface area contributed by atoms with Crippen LogP contribution in [0.15, 0.2) is 0 Å². The highest BCUT2D eigenvalue weighted by atomic mass is 16.5. The lowest BCUT2D eigenvalue weighted by Gasteiger charge is -2.29. The van der Waals surface area contributed by atoms with Gasteiger partial charge in [-0.1, -0.05) is 46.5 Å². The SMILES string of the molecule is CCCCCCCOCCCC(CC)(NCC)C(=O)O. The number of hydrogen-bond acceptors (Lipinski definition) is 3. The van der Waals surface area contributed by atoms with Crippen molar-refractivity contribution in [1.29, 1.82) is 0 Å². The molecular formula is C16H33NO3. The Balaban J connectivity index is 3.71. The van der Waals surface area contributed by atoms with Gasteiger partial charge < -0.3 is 15.2 Å². The molecule has 0 aliphatic rings. The van der Waals surface area contributed by atoms with E-state index in [1.807, 2.05) is 13.8 Å². The van der Waals surface area contributed by atoms with Crippen molar-refractivity contribution in [2.45, 2.75) is 77.7 Å². The topological polar surface area (TPSA) is 58.6 Å². The summed E-state index contributed by atoms with van der Waals surface area (Å²) in [4.78, 5) is 11.4. The molecule has 0 aromatic carbocycles. The molecule has 4 nitrogen and oxygen atoms in total. The van der Waals surface area contributed by atoms with E-state index in [4.69, 9.17) is 4.74 Å². The molecule has 0 heterocycles. The number of likely N-dealkylation sites (N-methyl/N-ethyl adjacent to an activating group) is 1. The lowest BCUT2D eigenvalue weighted by Crippen LogP contribution is -2.51. The Morgan fingerprint density at radius 1 is 1.05 bits per heavy atom. The van der Waals surface area contributed by atoms with Crippen molar-refractivity contribution in [2.24, 2.45) is 0 Å². The third kappa shape index (κ3) is 7.85. The summed E-state index contributed by atoms with van der Waals surface area (Å²) in [7, 11) is 0. The molecule has 0 saturated heterocycles.